The number of nitrogens with zero attached hydrogens (tertiary/aromatic N) is 4. The minimum atomic E-state index is -0.353. The van der Waals surface area contributed by atoms with Crippen LogP contribution in [-0.4, -0.2) is 38.6 Å². The van der Waals surface area contributed by atoms with E-state index in [1.165, 1.54) is 11.0 Å². The van der Waals surface area contributed by atoms with Crippen molar-refractivity contribution in [2.75, 3.05) is 11.9 Å². The van der Waals surface area contributed by atoms with E-state index in [1.54, 1.807) is 42.5 Å². The summed E-state index contributed by atoms with van der Waals surface area (Å²) in [5.74, 6) is 1.65. The van der Waals surface area contributed by atoms with Gasteiger partial charge in [0.05, 0.1) is 23.5 Å². The van der Waals surface area contributed by atoms with E-state index in [2.05, 4.69) is 32.1 Å². The highest BCUT2D eigenvalue weighted by atomic mass is 16.2. The third-order valence-corrected chi connectivity index (χ3v) is 3.83. The van der Waals surface area contributed by atoms with Gasteiger partial charge in [-0.2, -0.15) is 0 Å². The van der Waals surface area contributed by atoms with Gasteiger partial charge in [0, 0.05) is 5.56 Å². The molecule has 0 unspecified atom stereocenters. The monoisotopic (exact) mass is 360 g/mol. The average Bonchev–Trinajstić information content (AvgIpc) is 3.20. The minimum absolute atomic E-state index is 0.110. The average molecular weight is 360 g/mol. The number of aryl methyl sites for hydroxylation is 1. The largest absolute Gasteiger partial charge is 0.341 e. The Kier molecular flexibility index (Phi) is 5.23. The van der Waals surface area contributed by atoms with Crippen LogP contribution < -0.4 is 10.6 Å². The van der Waals surface area contributed by atoms with Gasteiger partial charge in [-0.1, -0.05) is 18.1 Å². The number of benzene rings is 2. The summed E-state index contributed by atoms with van der Waals surface area (Å²) in [6, 6.07) is 11.9. The van der Waals surface area contributed by atoms with Crippen LogP contribution in [-0.2, 0) is 0 Å². The molecule has 8 heteroatoms. The third kappa shape index (κ3) is 3.99. The Morgan fingerprint density at radius 1 is 1.19 bits per heavy atom. The number of carbonyl (C=O) groups is 2. The number of hydrogen-bond acceptors (Lipinski definition) is 5. The van der Waals surface area contributed by atoms with Crippen LogP contribution in [0.3, 0.4) is 0 Å². The lowest BCUT2D eigenvalue weighted by molar-refractivity contribution is 0.0959. The van der Waals surface area contributed by atoms with Crippen LogP contribution in [0.25, 0.3) is 5.69 Å². The molecule has 0 bridgehead atoms. The summed E-state index contributed by atoms with van der Waals surface area (Å²) in [5, 5.41) is 16.4. The van der Waals surface area contributed by atoms with E-state index < -0.39 is 0 Å². The minimum Gasteiger partial charge on any atom is -0.341 e. The van der Waals surface area contributed by atoms with Crippen LogP contribution in [0.4, 0.5) is 5.69 Å². The quantitative estimate of drug-likeness (QED) is 0.673. The summed E-state index contributed by atoms with van der Waals surface area (Å²) >= 11 is 0. The van der Waals surface area contributed by atoms with Crippen molar-refractivity contribution in [1.29, 1.82) is 0 Å². The zero-order valence-corrected chi connectivity index (χ0v) is 14.5. The molecule has 0 spiro atoms. The van der Waals surface area contributed by atoms with Gasteiger partial charge in [-0.15, -0.1) is 11.5 Å². The van der Waals surface area contributed by atoms with Crippen molar-refractivity contribution in [2.24, 2.45) is 0 Å². The second-order valence-electron chi connectivity index (χ2n) is 5.64. The Balaban J connectivity index is 1.81. The number of tetrazole rings is 1. The zero-order chi connectivity index (χ0) is 19.2. The van der Waals surface area contributed by atoms with Gasteiger partial charge in [-0.05, 0) is 53.2 Å². The molecule has 27 heavy (non-hydrogen) atoms. The number of aromatic nitrogens is 4. The molecular formula is C19H16N6O2. The molecule has 0 fully saturated rings. The second kappa shape index (κ2) is 7.93. The smallest absolute Gasteiger partial charge is 0.255 e. The predicted molar refractivity (Wildman–Crippen MR) is 99.5 cm³/mol. The summed E-state index contributed by atoms with van der Waals surface area (Å²) in [7, 11) is 0. The molecule has 1 heterocycles. The first kappa shape index (κ1) is 17.8. The van der Waals surface area contributed by atoms with E-state index >= 15 is 0 Å². The first-order chi connectivity index (χ1) is 13.1. The maximum absolute atomic E-state index is 12.6. The Morgan fingerprint density at radius 3 is 2.70 bits per heavy atom. The van der Waals surface area contributed by atoms with E-state index in [1.807, 2.05) is 6.92 Å². The molecule has 0 atom stereocenters. The van der Waals surface area contributed by atoms with Crippen LogP contribution in [0.5, 0.6) is 0 Å². The molecule has 2 amide bonds. The van der Waals surface area contributed by atoms with E-state index in [0.717, 1.165) is 11.3 Å². The normalized spacial score (nSPS) is 10.1. The fraction of sp³-hybridized carbons (Fsp3) is 0.105. The molecule has 3 aromatic rings. The van der Waals surface area contributed by atoms with Crippen molar-refractivity contribution in [2.45, 2.75) is 6.92 Å². The number of para-hydroxylation sites is 1. The number of amides is 2. The fourth-order valence-corrected chi connectivity index (χ4v) is 2.54. The maximum Gasteiger partial charge on any atom is 0.255 e. The van der Waals surface area contributed by atoms with Crippen LogP contribution in [0.1, 0.15) is 26.3 Å². The molecule has 0 radical (unpaired) electrons. The van der Waals surface area contributed by atoms with E-state index in [0.29, 0.717) is 16.8 Å². The Labute approximate surface area is 155 Å². The molecule has 0 saturated heterocycles. The highest BCUT2D eigenvalue weighted by molar-refractivity contribution is 6.09. The van der Waals surface area contributed by atoms with Gasteiger partial charge < -0.3 is 10.6 Å². The van der Waals surface area contributed by atoms with Gasteiger partial charge in [-0.25, -0.2) is 4.68 Å². The molecule has 1 aromatic heterocycles. The number of carbonyl (C=O) groups excluding carboxylic acids is 2. The zero-order valence-electron chi connectivity index (χ0n) is 14.5. The summed E-state index contributed by atoms with van der Waals surface area (Å²) < 4.78 is 1.52. The van der Waals surface area contributed by atoms with Gasteiger partial charge in [-0.3, -0.25) is 9.59 Å². The van der Waals surface area contributed by atoms with Gasteiger partial charge in [0.2, 0.25) is 0 Å². The number of anilines is 1. The topological polar surface area (TPSA) is 102 Å². The molecular weight excluding hydrogens is 344 g/mol. The highest BCUT2D eigenvalue weighted by Crippen LogP contribution is 2.18. The van der Waals surface area contributed by atoms with Crippen molar-refractivity contribution in [3.63, 3.8) is 0 Å². The summed E-state index contributed by atoms with van der Waals surface area (Å²) in [4.78, 5) is 24.8. The Hall–Kier alpha value is -3.99. The number of terminal acetylenes is 1. The Morgan fingerprint density at radius 2 is 2.00 bits per heavy atom. The number of hydrogen-bond donors (Lipinski definition) is 2. The lowest BCUT2D eigenvalue weighted by Crippen LogP contribution is -2.25. The summed E-state index contributed by atoms with van der Waals surface area (Å²) in [6.45, 7) is 1.97. The van der Waals surface area contributed by atoms with Crippen LogP contribution in [0.15, 0.2) is 48.8 Å². The molecule has 0 aliphatic heterocycles. The van der Waals surface area contributed by atoms with Crippen molar-refractivity contribution in [3.05, 3.63) is 65.5 Å². The van der Waals surface area contributed by atoms with E-state index in [9.17, 15) is 9.59 Å². The molecule has 3 rings (SSSR count). The molecule has 0 saturated carbocycles. The molecule has 134 valence electrons. The summed E-state index contributed by atoms with van der Waals surface area (Å²) in [5.41, 5.74) is 2.78. The maximum atomic E-state index is 12.6. The molecule has 0 aliphatic rings. The van der Waals surface area contributed by atoms with Crippen molar-refractivity contribution < 1.29 is 9.59 Å². The first-order valence-corrected chi connectivity index (χ1v) is 8.06. The van der Waals surface area contributed by atoms with Gasteiger partial charge in [0.15, 0.2) is 0 Å². The van der Waals surface area contributed by atoms with Gasteiger partial charge in [0.25, 0.3) is 11.8 Å². The van der Waals surface area contributed by atoms with Crippen LogP contribution in [0, 0.1) is 19.3 Å². The SMILES string of the molecule is C#CCNC(=O)c1ccccc1NC(=O)c1ccc(-n2cnnn2)c(C)c1. The van der Waals surface area contributed by atoms with Crippen LogP contribution >= 0.6 is 0 Å². The Bertz CT molecular complexity index is 1020. The fourth-order valence-electron chi connectivity index (χ4n) is 2.54. The third-order valence-electron chi connectivity index (χ3n) is 3.83. The standard InChI is InChI=1S/C19H16N6O2/c1-3-10-20-19(27)15-6-4-5-7-16(15)22-18(26)14-8-9-17(13(2)11-14)25-12-21-23-24-25/h1,4-9,11-12H,10H2,2H3,(H,20,27)(H,22,26). The molecule has 0 aliphatic carbocycles. The molecule has 2 N–H and O–H groups in total. The number of nitrogens with one attached hydrogen (secondary N) is 2. The molecule has 2 aromatic carbocycles. The van der Waals surface area contributed by atoms with Crippen molar-refractivity contribution >= 4 is 17.5 Å². The summed E-state index contributed by atoms with van der Waals surface area (Å²) in [6.07, 6.45) is 6.64. The first-order valence-electron chi connectivity index (χ1n) is 8.06. The van der Waals surface area contributed by atoms with E-state index in [4.69, 9.17) is 6.42 Å². The lowest BCUT2D eigenvalue weighted by atomic mass is 10.1. The second-order valence-corrected chi connectivity index (χ2v) is 5.64. The van der Waals surface area contributed by atoms with Crippen molar-refractivity contribution in [1.82, 2.24) is 25.5 Å². The molecule has 8 nitrogen and oxygen atoms in total. The predicted octanol–water partition coefficient (Wildman–Crippen LogP) is 1.59. The number of rotatable bonds is 5. The lowest BCUT2D eigenvalue weighted by Gasteiger charge is -2.12. The van der Waals surface area contributed by atoms with E-state index in [-0.39, 0.29) is 18.4 Å². The van der Waals surface area contributed by atoms with Crippen LogP contribution in [0.2, 0.25) is 0 Å². The van der Waals surface area contributed by atoms with Gasteiger partial charge in [0.1, 0.15) is 6.33 Å². The van der Waals surface area contributed by atoms with Crippen molar-refractivity contribution in [3.8, 4) is 18.0 Å². The highest BCUT2D eigenvalue weighted by Gasteiger charge is 2.14. The van der Waals surface area contributed by atoms with Gasteiger partial charge >= 0.3 is 0 Å².